The molecular formula is C10H12N2O3. The number of nitrogens with two attached hydrogens (primary N) is 1. The molecule has 5 nitrogen and oxygen atoms in total. The van der Waals surface area contributed by atoms with Crippen molar-refractivity contribution in [2.24, 2.45) is 5.73 Å². The van der Waals surface area contributed by atoms with E-state index in [2.05, 4.69) is 0 Å². The van der Waals surface area contributed by atoms with Gasteiger partial charge in [-0.25, -0.2) is 0 Å². The van der Waals surface area contributed by atoms with Gasteiger partial charge in [-0.2, -0.15) is 0 Å². The molecule has 0 aliphatic carbocycles. The zero-order valence-electron chi connectivity index (χ0n) is 8.18. The highest BCUT2D eigenvalue weighted by atomic mass is 16.6. The summed E-state index contributed by atoms with van der Waals surface area (Å²) in [5.74, 6) is -0.381. The van der Waals surface area contributed by atoms with Crippen molar-refractivity contribution in [2.45, 2.75) is 19.3 Å². The monoisotopic (exact) mass is 208 g/mol. The summed E-state index contributed by atoms with van der Waals surface area (Å²) in [6.07, 6.45) is 1.30. The highest BCUT2D eigenvalue weighted by Crippen LogP contribution is 2.19. The van der Waals surface area contributed by atoms with Crippen molar-refractivity contribution in [3.8, 4) is 0 Å². The third kappa shape index (κ3) is 3.38. The summed E-state index contributed by atoms with van der Waals surface area (Å²) in [6.45, 7) is 0. The molecule has 0 radical (unpaired) electrons. The van der Waals surface area contributed by atoms with Gasteiger partial charge in [-0.1, -0.05) is 18.2 Å². The number of hydrogen-bond donors (Lipinski definition) is 1. The van der Waals surface area contributed by atoms with E-state index in [1.165, 1.54) is 6.07 Å². The molecule has 0 aliphatic heterocycles. The Labute approximate surface area is 87.0 Å². The number of carbonyl (C=O) groups is 1. The van der Waals surface area contributed by atoms with Crippen LogP contribution in [0, 0.1) is 10.1 Å². The van der Waals surface area contributed by atoms with Crippen molar-refractivity contribution in [3.63, 3.8) is 0 Å². The van der Waals surface area contributed by atoms with Crippen LogP contribution in [0.15, 0.2) is 24.3 Å². The predicted molar refractivity (Wildman–Crippen MR) is 55.2 cm³/mol. The maximum Gasteiger partial charge on any atom is 0.272 e. The van der Waals surface area contributed by atoms with Crippen molar-refractivity contribution < 1.29 is 9.72 Å². The molecule has 0 saturated carbocycles. The van der Waals surface area contributed by atoms with E-state index in [4.69, 9.17) is 5.73 Å². The zero-order valence-corrected chi connectivity index (χ0v) is 8.18. The number of benzene rings is 1. The maximum absolute atomic E-state index is 10.6. The first-order valence-electron chi connectivity index (χ1n) is 4.62. The molecule has 0 aromatic heterocycles. The smallest absolute Gasteiger partial charge is 0.272 e. The Kier molecular flexibility index (Phi) is 3.79. The molecule has 0 fully saturated rings. The first-order chi connectivity index (χ1) is 7.11. The topological polar surface area (TPSA) is 86.2 Å². The van der Waals surface area contributed by atoms with E-state index in [9.17, 15) is 14.9 Å². The third-order valence-electron chi connectivity index (χ3n) is 2.06. The Bertz CT molecular complexity index is 377. The van der Waals surface area contributed by atoms with Gasteiger partial charge in [0.15, 0.2) is 0 Å². The van der Waals surface area contributed by atoms with E-state index in [0.29, 0.717) is 18.4 Å². The number of nitro benzene ring substituents is 1. The van der Waals surface area contributed by atoms with E-state index in [1.54, 1.807) is 18.2 Å². The summed E-state index contributed by atoms with van der Waals surface area (Å²) in [5, 5.41) is 10.6. The molecule has 1 aromatic rings. The number of rotatable bonds is 5. The second-order valence-electron chi connectivity index (χ2n) is 3.21. The van der Waals surface area contributed by atoms with Crippen molar-refractivity contribution in [1.29, 1.82) is 0 Å². The minimum absolute atomic E-state index is 0.0990. The van der Waals surface area contributed by atoms with E-state index in [0.717, 1.165) is 0 Å². The average molecular weight is 208 g/mol. The molecule has 0 aliphatic rings. The number of aryl methyl sites for hydroxylation is 1. The first kappa shape index (κ1) is 11.2. The number of primary amides is 1. The van der Waals surface area contributed by atoms with Gasteiger partial charge >= 0.3 is 0 Å². The summed E-state index contributed by atoms with van der Waals surface area (Å²) in [6, 6.07) is 6.51. The number of hydrogen-bond acceptors (Lipinski definition) is 3. The van der Waals surface area contributed by atoms with Crippen LogP contribution in [-0.2, 0) is 11.2 Å². The van der Waals surface area contributed by atoms with Crippen LogP contribution in [0.2, 0.25) is 0 Å². The van der Waals surface area contributed by atoms with Gasteiger partial charge in [0.05, 0.1) is 4.92 Å². The summed E-state index contributed by atoms with van der Waals surface area (Å²) in [5.41, 5.74) is 5.72. The molecule has 0 saturated heterocycles. The predicted octanol–water partition coefficient (Wildman–Crippen LogP) is 1.40. The zero-order chi connectivity index (χ0) is 11.3. The molecular weight excluding hydrogens is 196 g/mol. The van der Waals surface area contributed by atoms with Crippen molar-refractivity contribution >= 4 is 11.6 Å². The van der Waals surface area contributed by atoms with Gasteiger partial charge in [0, 0.05) is 18.1 Å². The SMILES string of the molecule is NC(=O)CCCc1ccccc1[N+](=O)[O-]. The Morgan fingerprint density at radius 3 is 2.67 bits per heavy atom. The first-order valence-corrected chi connectivity index (χ1v) is 4.62. The number of amides is 1. The Morgan fingerprint density at radius 1 is 1.40 bits per heavy atom. The molecule has 0 spiro atoms. The van der Waals surface area contributed by atoms with Crippen molar-refractivity contribution in [3.05, 3.63) is 39.9 Å². The lowest BCUT2D eigenvalue weighted by atomic mass is 10.1. The molecule has 15 heavy (non-hydrogen) atoms. The highest BCUT2D eigenvalue weighted by molar-refractivity contribution is 5.73. The van der Waals surface area contributed by atoms with Crippen LogP contribution < -0.4 is 5.73 Å². The second kappa shape index (κ2) is 5.09. The molecule has 1 rings (SSSR count). The Hall–Kier alpha value is -1.91. The molecule has 0 atom stereocenters. The quantitative estimate of drug-likeness (QED) is 0.586. The van der Waals surface area contributed by atoms with Crippen LogP contribution >= 0.6 is 0 Å². The van der Waals surface area contributed by atoms with Crippen LogP contribution in [-0.4, -0.2) is 10.8 Å². The number of nitro groups is 1. The fourth-order valence-electron chi connectivity index (χ4n) is 1.35. The fourth-order valence-corrected chi connectivity index (χ4v) is 1.35. The van der Waals surface area contributed by atoms with Crippen molar-refractivity contribution in [1.82, 2.24) is 0 Å². The van der Waals surface area contributed by atoms with Gasteiger partial charge in [-0.3, -0.25) is 14.9 Å². The summed E-state index contributed by atoms with van der Waals surface area (Å²) in [7, 11) is 0. The van der Waals surface area contributed by atoms with Gasteiger partial charge in [0.1, 0.15) is 0 Å². The van der Waals surface area contributed by atoms with Gasteiger partial charge in [0.2, 0.25) is 5.91 Å². The Morgan fingerprint density at radius 2 is 2.07 bits per heavy atom. The largest absolute Gasteiger partial charge is 0.370 e. The van der Waals surface area contributed by atoms with Crippen LogP contribution in [0.1, 0.15) is 18.4 Å². The van der Waals surface area contributed by atoms with E-state index in [-0.39, 0.29) is 18.0 Å². The van der Waals surface area contributed by atoms with Gasteiger partial charge in [-0.05, 0) is 12.8 Å². The van der Waals surface area contributed by atoms with Crippen LogP contribution in [0.25, 0.3) is 0 Å². The molecule has 0 bridgehead atoms. The molecule has 2 N–H and O–H groups in total. The van der Waals surface area contributed by atoms with E-state index in [1.807, 2.05) is 0 Å². The Balaban J connectivity index is 2.67. The molecule has 0 unspecified atom stereocenters. The standard InChI is InChI=1S/C10H12N2O3/c11-10(13)7-3-5-8-4-1-2-6-9(8)12(14)15/h1-2,4,6H,3,5,7H2,(H2,11,13). The lowest BCUT2D eigenvalue weighted by Crippen LogP contribution is -2.10. The summed E-state index contributed by atoms with van der Waals surface area (Å²) in [4.78, 5) is 20.7. The normalized spacial score (nSPS) is 9.87. The average Bonchev–Trinajstić information content (AvgIpc) is 2.17. The molecule has 1 aromatic carbocycles. The minimum Gasteiger partial charge on any atom is -0.370 e. The number of carbonyl (C=O) groups excluding carboxylic acids is 1. The minimum atomic E-state index is -0.417. The lowest BCUT2D eigenvalue weighted by Gasteiger charge is -2.01. The lowest BCUT2D eigenvalue weighted by molar-refractivity contribution is -0.385. The van der Waals surface area contributed by atoms with Crippen LogP contribution in [0.4, 0.5) is 5.69 Å². The molecule has 80 valence electrons. The van der Waals surface area contributed by atoms with Crippen molar-refractivity contribution in [2.75, 3.05) is 0 Å². The third-order valence-corrected chi connectivity index (χ3v) is 2.06. The summed E-state index contributed by atoms with van der Waals surface area (Å²) >= 11 is 0. The van der Waals surface area contributed by atoms with Gasteiger partial charge in [-0.15, -0.1) is 0 Å². The number of nitrogens with zero attached hydrogens (tertiary/aromatic N) is 1. The van der Waals surface area contributed by atoms with Gasteiger partial charge in [0.25, 0.3) is 5.69 Å². The van der Waals surface area contributed by atoms with E-state index < -0.39 is 4.92 Å². The maximum atomic E-state index is 10.6. The highest BCUT2D eigenvalue weighted by Gasteiger charge is 2.11. The van der Waals surface area contributed by atoms with Gasteiger partial charge < -0.3 is 5.73 Å². The fraction of sp³-hybridized carbons (Fsp3) is 0.300. The second-order valence-corrected chi connectivity index (χ2v) is 3.21. The molecule has 1 amide bonds. The summed E-state index contributed by atoms with van der Waals surface area (Å²) < 4.78 is 0. The molecule has 5 heteroatoms. The number of para-hydroxylation sites is 1. The van der Waals surface area contributed by atoms with Crippen LogP contribution in [0.3, 0.4) is 0 Å². The molecule has 0 heterocycles. The van der Waals surface area contributed by atoms with E-state index >= 15 is 0 Å². The van der Waals surface area contributed by atoms with Crippen LogP contribution in [0.5, 0.6) is 0 Å².